The number of hydrogen-bond donors (Lipinski definition) is 2. The maximum absolute atomic E-state index is 13.8. The quantitative estimate of drug-likeness (QED) is 0.341. The summed E-state index contributed by atoms with van der Waals surface area (Å²) < 4.78 is 5.60. The molecule has 36 heavy (non-hydrogen) atoms. The third-order valence-corrected chi connectivity index (χ3v) is 6.96. The predicted molar refractivity (Wildman–Crippen MR) is 136 cm³/mol. The van der Waals surface area contributed by atoms with Crippen LogP contribution >= 0.6 is 11.3 Å². The van der Waals surface area contributed by atoms with Gasteiger partial charge in [-0.1, -0.05) is 30.3 Å². The number of rotatable bonds is 6. The third-order valence-electron chi connectivity index (χ3n) is 5.75. The van der Waals surface area contributed by atoms with E-state index in [2.05, 4.69) is 10.3 Å². The number of aromatic nitrogens is 1. The highest BCUT2D eigenvalue weighted by atomic mass is 32.1. The normalized spacial score (nSPS) is 15.4. The molecule has 2 amide bonds. The van der Waals surface area contributed by atoms with Crippen LogP contribution < -0.4 is 10.2 Å². The zero-order valence-electron chi connectivity index (χ0n) is 19.4. The zero-order chi connectivity index (χ0) is 25.4. The van der Waals surface area contributed by atoms with Crippen LogP contribution in [0.25, 0.3) is 10.6 Å². The second-order valence-electron chi connectivity index (χ2n) is 8.21. The molecule has 1 aliphatic heterocycles. The van der Waals surface area contributed by atoms with Crippen LogP contribution in [0.3, 0.4) is 0 Å². The van der Waals surface area contributed by atoms with Crippen molar-refractivity contribution in [1.29, 1.82) is 0 Å². The molecule has 1 aliphatic rings. The molecule has 8 nitrogen and oxygen atoms in total. The highest BCUT2D eigenvalue weighted by Gasteiger charge is 2.46. The number of thiazole rings is 1. The van der Waals surface area contributed by atoms with Gasteiger partial charge in [0.15, 0.2) is 5.76 Å². The first kappa shape index (κ1) is 23.3. The van der Waals surface area contributed by atoms with Crippen molar-refractivity contribution in [3.63, 3.8) is 0 Å². The largest absolute Gasteiger partial charge is 0.503 e. The summed E-state index contributed by atoms with van der Waals surface area (Å²) in [5.41, 5.74) is 2.28. The number of carbonyl (C=O) groups is 3. The van der Waals surface area contributed by atoms with E-state index in [4.69, 9.17) is 4.42 Å². The van der Waals surface area contributed by atoms with Gasteiger partial charge in [0.2, 0.25) is 11.7 Å². The van der Waals surface area contributed by atoms with Crippen LogP contribution in [0.1, 0.15) is 34.1 Å². The maximum atomic E-state index is 13.8. The lowest BCUT2D eigenvalue weighted by Crippen LogP contribution is -2.30. The molecule has 0 radical (unpaired) electrons. The zero-order valence-corrected chi connectivity index (χ0v) is 20.2. The Morgan fingerprint density at radius 2 is 1.78 bits per heavy atom. The minimum atomic E-state index is -0.978. The molecule has 4 aromatic rings. The molecule has 2 aromatic carbocycles. The number of hydrogen-bond acceptors (Lipinski definition) is 7. The Hall–Kier alpha value is -4.50. The Balaban J connectivity index is 1.56. The number of aliphatic hydroxyl groups excluding tert-OH is 1. The summed E-state index contributed by atoms with van der Waals surface area (Å²) in [4.78, 5) is 44.6. The smallest absolute Gasteiger partial charge is 0.294 e. The number of nitrogens with one attached hydrogen (secondary N) is 1. The summed E-state index contributed by atoms with van der Waals surface area (Å²) in [7, 11) is 0. The number of aryl methyl sites for hydroxylation is 1. The fraction of sp³-hybridized carbons (Fsp3) is 0.111. The topological polar surface area (TPSA) is 113 Å². The van der Waals surface area contributed by atoms with Crippen LogP contribution in [0.4, 0.5) is 11.4 Å². The molecule has 2 aromatic heterocycles. The first-order valence-electron chi connectivity index (χ1n) is 11.1. The number of nitrogens with zero attached hydrogens (tertiary/aromatic N) is 2. The van der Waals surface area contributed by atoms with Gasteiger partial charge in [-0.25, -0.2) is 4.98 Å². The Kier molecular flexibility index (Phi) is 5.99. The summed E-state index contributed by atoms with van der Waals surface area (Å²) >= 11 is 1.21. The van der Waals surface area contributed by atoms with E-state index in [0.29, 0.717) is 32.7 Å². The summed E-state index contributed by atoms with van der Waals surface area (Å²) in [6.07, 6.45) is 1.45. The van der Waals surface area contributed by atoms with E-state index < -0.39 is 23.5 Å². The lowest BCUT2D eigenvalue weighted by Gasteiger charge is -2.25. The maximum Gasteiger partial charge on any atom is 0.294 e. The molecule has 0 fully saturated rings. The van der Waals surface area contributed by atoms with Crippen molar-refractivity contribution in [2.24, 2.45) is 0 Å². The number of aliphatic hydroxyl groups is 1. The van der Waals surface area contributed by atoms with Crippen LogP contribution in [-0.2, 0) is 9.59 Å². The molecule has 0 aliphatic carbocycles. The van der Waals surface area contributed by atoms with Gasteiger partial charge in [0.25, 0.3) is 5.91 Å². The van der Waals surface area contributed by atoms with Gasteiger partial charge in [-0.3, -0.25) is 19.3 Å². The van der Waals surface area contributed by atoms with E-state index in [1.807, 2.05) is 30.3 Å². The molecule has 180 valence electrons. The lowest BCUT2D eigenvalue weighted by molar-refractivity contribution is -0.117. The second kappa shape index (κ2) is 9.27. The predicted octanol–water partition coefficient (Wildman–Crippen LogP) is 5.45. The summed E-state index contributed by atoms with van der Waals surface area (Å²) in [6.45, 7) is 3.13. The Morgan fingerprint density at radius 3 is 2.42 bits per heavy atom. The van der Waals surface area contributed by atoms with Gasteiger partial charge >= 0.3 is 0 Å². The SMILES string of the molecule is CC(=O)Nc1ccc(N2C(=O)C(O)=C(C(=O)c3sc(-c4ccccc4)nc3C)C2c2ccco2)cc1. The van der Waals surface area contributed by atoms with Gasteiger partial charge in [-0.05, 0) is 43.3 Å². The number of benzene rings is 2. The van der Waals surface area contributed by atoms with Gasteiger partial charge in [0.1, 0.15) is 16.8 Å². The van der Waals surface area contributed by atoms with E-state index in [1.165, 1.54) is 29.4 Å². The molecule has 9 heteroatoms. The van der Waals surface area contributed by atoms with Gasteiger partial charge in [-0.15, -0.1) is 11.3 Å². The van der Waals surface area contributed by atoms with Gasteiger partial charge in [-0.2, -0.15) is 0 Å². The van der Waals surface area contributed by atoms with Gasteiger partial charge in [0, 0.05) is 23.9 Å². The standard InChI is InChI=1S/C27H21N3O5S/c1-15-25(36-26(28-15)17-7-4-3-5-8-17)23(32)21-22(20-9-6-14-35-20)30(27(34)24(21)33)19-12-10-18(11-13-19)29-16(2)31/h3-14,22,33H,1-2H3,(H,29,31). The average molecular weight is 500 g/mol. The molecule has 0 saturated heterocycles. The van der Waals surface area contributed by atoms with Crippen LogP contribution in [0.2, 0.25) is 0 Å². The van der Waals surface area contributed by atoms with Crippen molar-refractivity contribution >= 4 is 40.3 Å². The minimum absolute atomic E-state index is 0.0766. The number of Topliss-reactive ketones (excluding diaryl/α,β-unsaturated/α-hetero) is 1. The Morgan fingerprint density at radius 1 is 1.06 bits per heavy atom. The first-order chi connectivity index (χ1) is 17.3. The molecule has 1 atom stereocenters. The van der Waals surface area contributed by atoms with E-state index in [9.17, 15) is 19.5 Å². The fourth-order valence-corrected chi connectivity index (χ4v) is 5.19. The summed E-state index contributed by atoms with van der Waals surface area (Å²) in [6, 6.07) is 18.3. The average Bonchev–Trinajstić information content (AvgIpc) is 3.59. The highest BCUT2D eigenvalue weighted by molar-refractivity contribution is 7.17. The Bertz CT molecular complexity index is 1490. The summed E-state index contributed by atoms with van der Waals surface area (Å²) in [5, 5.41) is 14.3. The lowest BCUT2D eigenvalue weighted by atomic mass is 9.99. The second-order valence-corrected chi connectivity index (χ2v) is 9.21. The van der Waals surface area contributed by atoms with Crippen molar-refractivity contribution in [2.45, 2.75) is 19.9 Å². The number of ketones is 1. The van der Waals surface area contributed by atoms with E-state index in [0.717, 1.165) is 5.56 Å². The van der Waals surface area contributed by atoms with Crippen molar-refractivity contribution in [3.8, 4) is 10.6 Å². The van der Waals surface area contributed by atoms with E-state index >= 15 is 0 Å². The van der Waals surface area contributed by atoms with E-state index in [-0.39, 0.29) is 11.5 Å². The molecular formula is C27H21N3O5S. The van der Waals surface area contributed by atoms with Crippen molar-refractivity contribution in [2.75, 3.05) is 10.2 Å². The first-order valence-corrected chi connectivity index (χ1v) is 11.9. The van der Waals surface area contributed by atoms with Gasteiger partial charge in [0.05, 0.1) is 22.4 Å². The summed E-state index contributed by atoms with van der Waals surface area (Å²) in [5.74, 6) is -1.75. The number of carbonyl (C=O) groups excluding carboxylic acids is 3. The fourth-order valence-electron chi connectivity index (χ4n) is 4.16. The molecule has 5 rings (SSSR count). The van der Waals surface area contributed by atoms with Crippen LogP contribution in [0, 0.1) is 6.92 Å². The van der Waals surface area contributed by atoms with Crippen molar-refractivity contribution in [3.05, 3.63) is 101 Å². The number of furan rings is 1. The molecule has 0 bridgehead atoms. The number of anilines is 2. The minimum Gasteiger partial charge on any atom is -0.503 e. The monoisotopic (exact) mass is 499 g/mol. The van der Waals surface area contributed by atoms with Gasteiger partial charge < -0.3 is 14.8 Å². The molecule has 1 unspecified atom stereocenters. The van der Waals surface area contributed by atoms with Crippen LogP contribution in [-0.4, -0.2) is 27.7 Å². The molecular weight excluding hydrogens is 478 g/mol. The van der Waals surface area contributed by atoms with E-state index in [1.54, 1.807) is 43.3 Å². The molecule has 2 N–H and O–H groups in total. The third kappa shape index (κ3) is 4.09. The van der Waals surface area contributed by atoms with Crippen molar-refractivity contribution < 1.29 is 23.9 Å². The number of amides is 2. The van der Waals surface area contributed by atoms with Crippen molar-refractivity contribution in [1.82, 2.24) is 4.98 Å². The van der Waals surface area contributed by atoms with Crippen LogP contribution in [0.5, 0.6) is 0 Å². The molecule has 3 heterocycles. The van der Waals surface area contributed by atoms with Crippen LogP contribution in [0.15, 0.2) is 88.7 Å². The molecule has 0 saturated carbocycles. The Labute approximate surface area is 210 Å². The highest BCUT2D eigenvalue weighted by Crippen LogP contribution is 2.43. The molecule has 0 spiro atoms.